The Labute approximate surface area is 183 Å². The molecule has 0 bridgehead atoms. The number of amides is 1. The summed E-state index contributed by atoms with van der Waals surface area (Å²) in [5.74, 6) is 0.106. The maximum atomic E-state index is 13.1. The van der Waals surface area contributed by atoms with E-state index in [1.165, 1.54) is 0 Å². The first-order valence-corrected chi connectivity index (χ1v) is 10.8. The summed E-state index contributed by atoms with van der Waals surface area (Å²) >= 11 is 9.78. The number of benzene rings is 2. The summed E-state index contributed by atoms with van der Waals surface area (Å²) < 4.78 is 2.86. The van der Waals surface area contributed by atoms with Gasteiger partial charge in [0.05, 0.1) is 23.1 Å². The van der Waals surface area contributed by atoms with Crippen LogP contribution in [-0.4, -0.2) is 28.8 Å². The van der Waals surface area contributed by atoms with Crippen LogP contribution in [-0.2, 0) is 0 Å². The second-order valence-corrected chi connectivity index (χ2v) is 8.55. The van der Waals surface area contributed by atoms with Crippen molar-refractivity contribution in [2.75, 3.05) is 18.4 Å². The van der Waals surface area contributed by atoms with E-state index in [2.05, 4.69) is 31.7 Å². The zero-order valence-corrected chi connectivity index (χ0v) is 18.4. The molecular weight excluding hydrogens is 452 g/mol. The monoisotopic (exact) mass is 472 g/mol. The van der Waals surface area contributed by atoms with Crippen molar-refractivity contribution in [3.63, 3.8) is 0 Å². The highest BCUT2D eigenvalue weighted by Gasteiger charge is 2.27. The zero-order chi connectivity index (χ0) is 20.4. The molecule has 1 aliphatic heterocycles. The summed E-state index contributed by atoms with van der Waals surface area (Å²) in [4.78, 5) is 13.1. The lowest BCUT2D eigenvalue weighted by Crippen LogP contribution is -2.29. The Morgan fingerprint density at radius 2 is 1.93 bits per heavy atom. The van der Waals surface area contributed by atoms with Crippen LogP contribution < -0.4 is 10.6 Å². The number of piperidine rings is 1. The van der Waals surface area contributed by atoms with Crippen LogP contribution in [0.15, 0.2) is 53.1 Å². The van der Waals surface area contributed by atoms with Crippen LogP contribution >= 0.6 is 27.5 Å². The van der Waals surface area contributed by atoms with E-state index >= 15 is 0 Å². The first kappa shape index (κ1) is 20.1. The summed E-state index contributed by atoms with van der Waals surface area (Å²) in [5.41, 5.74) is 4.17. The maximum Gasteiger partial charge on any atom is 0.259 e. The molecule has 2 heterocycles. The zero-order valence-electron chi connectivity index (χ0n) is 16.1. The standard InChI is InChI=1S/C22H22BrClN4O/c1-14-19(24)3-2-4-20(14)28-21(15-9-11-25-12-10-15)18(13-26-28)22(29)27-17-7-5-16(23)6-8-17/h2-8,13,15,25H,9-12H2,1H3,(H,27,29). The topological polar surface area (TPSA) is 59.0 Å². The van der Waals surface area contributed by atoms with Gasteiger partial charge in [0.25, 0.3) is 5.91 Å². The normalized spacial score (nSPS) is 14.7. The van der Waals surface area contributed by atoms with Gasteiger partial charge in [-0.25, -0.2) is 4.68 Å². The number of halogens is 2. The molecule has 1 aliphatic rings. The van der Waals surface area contributed by atoms with Crippen molar-refractivity contribution >= 4 is 39.1 Å². The number of rotatable bonds is 4. The van der Waals surface area contributed by atoms with E-state index in [0.717, 1.165) is 53.0 Å². The lowest BCUT2D eigenvalue weighted by atomic mass is 9.91. The third-order valence-corrected chi connectivity index (χ3v) is 6.28. The summed E-state index contributed by atoms with van der Waals surface area (Å²) in [7, 11) is 0. The molecule has 2 N–H and O–H groups in total. The van der Waals surface area contributed by atoms with Crippen molar-refractivity contribution in [3.8, 4) is 5.69 Å². The molecule has 7 heteroatoms. The second kappa shape index (κ2) is 8.69. The molecule has 0 atom stereocenters. The highest BCUT2D eigenvalue weighted by molar-refractivity contribution is 9.10. The average Bonchev–Trinajstić information content (AvgIpc) is 3.17. The van der Waals surface area contributed by atoms with Crippen molar-refractivity contribution in [2.24, 2.45) is 0 Å². The molecule has 0 radical (unpaired) electrons. The van der Waals surface area contributed by atoms with E-state index in [0.29, 0.717) is 10.6 Å². The molecule has 1 saturated heterocycles. The van der Waals surface area contributed by atoms with Gasteiger partial charge >= 0.3 is 0 Å². The van der Waals surface area contributed by atoms with Gasteiger partial charge in [0.2, 0.25) is 0 Å². The highest BCUT2D eigenvalue weighted by Crippen LogP contribution is 2.32. The van der Waals surface area contributed by atoms with Gasteiger partial charge in [-0.3, -0.25) is 4.79 Å². The predicted octanol–water partition coefficient (Wildman–Crippen LogP) is 5.32. The van der Waals surface area contributed by atoms with E-state index in [4.69, 9.17) is 11.6 Å². The number of nitrogens with zero attached hydrogens (tertiary/aromatic N) is 2. The molecule has 150 valence electrons. The van der Waals surface area contributed by atoms with Crippen molar-refractivity contribution < 1.29 is 4.79 Å². The Hall–Kier alpha value is -2.15. The lowest BCUT2D eigenvalue weighted by molar-refractivity contribution is 0.102. The van der Waals surface area contributed by atoms with E-state index in [9.17, 15) is 4.79 Å². The molecule has 1 amide bonds. The van der Waals surface area contributed by atoms with Gasteiger partial charge in [-0.2, -0.15) is 5.10 Å². The van der Waals surface area contributed by atoms with Crippen LogP contribution in [0.5, 0.6) is 0 Å². The molecule has 1 fully saturated rings. The first-order valence-electron chi connectivity index (χ1n) is 9.65. The minimum Gasteiger partial charge on any atom is -0.322 e. The van der Waals surface area contributed by atoms with Gasteiger partial charge < -0.3 is 10.6 Å². The van der Waals surface area contributed by atoms with Crippen molar-refractivity contribution in [1.82, 2.24) is 15.1 Å². The molecule has 0 spiro atoms. The largest absolute Gasteiger partial charge is 0.322 e. The molecule has 0 aliphatic carbocycles. The highest BCUT2D eigenvalue weighted by atomic mass is 79.9. The average molecular weight is 474 g/mol. The molecule has 3 aromatic rings. The van der Waals surface area contributed by atoms with Gasteiger partial charge in [-0.05, 0) is 74.8 Å². The Morgan fingerprint density at radius 1 is 1.21 bits per heavy atom. The maximum absolute atomic E-state index is 13.1. The summed E-state index contributed by atoms with van der Waals surface area (Å²) in [6.45, 7) is 3.84. The fourth-order valence-electron chi connectivity index (χ4n) is 3.77. The van der Waals surface area contributed by atoms with Crippen LogP contribution in [0.3, 0.4) is 0 Å². The van der Waals surface area contributed by atoms with Gasteiger partial charge in [0.1, 0.15) is 0 Å². The number of hydrogen-bond acceptors (Lipinski definition) is 3. The van der Waals surface area contributed by atoms with Crippen LogP contribution in [0, 0.1) is 6.92 Å². The number of aromatic nitrogens is 2. The van der Waals surface area contributed by atoms with Gasteiger partial charge in [-0.1, -0.05) is 33.6 Å². The van der Waals surface area contributed by atoms with Crippen molar-refractivity contribution in [2.45, 2.75) is 25.7 Å². The SMILES string of the molecule is Cc1c(Cl)cccc1-n1ncc(C(=O)Nc2ccc(Br)cc2)c1C1CCNCC1. The Bertz CT molecular complexity index is 1030. The molecule has 1 aromatic heterocycles. The number of carbonyl (C=O) groups is 1. The molecule has 2 aromatic carbocycles. The van der Waals surface area contributed by atoms with Gasteiger partial charge in [0.15, 0.2) is 0 Å². The Kier molecular flexibility index (Phi) is 6.04. The van der Waals surface area contributed by atoms with Crippen molar-refractivity contribution in [1.29, 1.82) is 0 Å². The van der Waals surface area contributed by atoms with Gasteiger partial charge in [0, 0.05) is 21.1 Å². The fraction of sp³-hybridized carbons (Fsp3) is 0.273. The number of anilines is 1. The summed E-state index contributed by atoms with van der Waals surface area (Å²) in [6.07, 6.45) is 3.60. The number of hydrogen-bond donors (Lipinski definition) is 2. The summed E-state index contributed by atoms with van der Waals surface area (Å²) in [5, 5.41) is 11.7. The van der Waals surface area contributed by atoms with Crippen LogP contribution in [0.25, 0.3) is 5.69 Å². The molecular formula is C22H22BrClN4O. The lowest BCUT2D eigenvalue weighted by Gasteiger charge is -2.25. The smallest absolute Gasteiger partial charge is 0.259 e. The molecule has 29 heavy (non-hydrogen) atoms. The van der Waals surface area contributed by atoms with Crippen LogP contribution in [0.1, 0.15) is 40.4 Å². The third-order valence-electron chi connectivity index (χ3n) is 5.35. The molecule has 4 rings (SSSR count). The fourth-order valence-corrected chi connectivity index (χ4v) is 4.20. The molecule has 0 saturated carbocycles. The number of nitrogens with one attached hydrogen (secondary N) is 2. The third kappa shape index (κ3) is 4.25. The minimum absolute atomic E-state index is 0.146. The Morgan fingerprint density at radius 3 is 2.66 bits per heavy atom. The number of carbonyl (C=O) groups excluding carboxylic acids is 1. The van der Waals surface area contributed by atoms with E-state index in [-0.39, 0.29) is 11.8 Å². The summed E-state index contributed by atoms with van der Waals surface area (Å²) in [6, 6.07) is 13.3. The Balaban J connectivity index is 1.75. The minimum atomic E-state index is -0.146. The van der Waals surface area contributed by atoms with Gasteiger partial charge in [-0.15, -0.1) is 0 Å². The van der Waals surface area contributed by atoms with Crippen molar-refractivity contribution in [3.05, 3.63) is 75.0 Å². The molecule has 0 unspecified atom stereocenters. The van der Waals surface area contributed by atoms with E-state index in [1.807, 2.05) is 54.1 Å². The molecule has 5 nitrogen and oxygen atoms in total. The first-order chi connectivity index (χ1) is 14.0. The predicted molar refractivity (Wildman–Crippen MR) is 120 cm³/mol. The second-order valence-electron chi connectivity index (χ2n) is 7.22. The van der Waals surface area contributed by atoms with E-state index in [1.54, 1.807) is 6.20 Å². The van der Waals surface area contributed by atoms with E-state index < -0.39 is 0 Å². The van der Waals surface area contributed by atoms with Crippen LogP contribution in [0.2, 0.25) is 5.02 Å². The van der Waals surface area contributed by atoms with Crippen LogP contribution in [0.4, 0.5) is 5.69 Å². The quantitative estimate of drug-likeness (QED) is 0.539.